The third kappa shape index (κ3) is 3.47. The minimum Gasteiger partial charge on any atom is -0.376 e. The number of para-hydroxylation sites is 1. The van der Waals surface area contributed by atoms with Crippen molar-refractivity contribution in [2.75, 3.05) is 5.32 Å². The maximum absolute atomic E-state index is 12.1. The Morgan fingerprint density at radius 1 is 1.43 bits per heavy atom. The van der Waals surface area contributed by atoms with Gasteiger partial charge in [-0.05, 0) is 24.4 Å². The van der Waals surface area contributed by atoms with Gasteiger partial charge in [-0.15, -0.1) is 0 Å². The van der Waals surface area contributed by atoms with Crippen LogP contribution in [-0.2, 0) is 0 Å². The van der Waals surface area contributed by atoms with E-state index in [1.807, 2.05) is 0 Å². The lowest BCUT2D eigenvalue weighted by Gasteiger charge is -2.09. The van der Waals surface area contributed by atoms with Gasteiger partial charge in [-0.2, -0.15) is 8.78 Å². The van der Waals surface area contributed by atoms with Crippen LogP contribution in [0, 0.1) is 0 Å². The molecule has 0 aliphatic carbocycles. The Morgan fingerprint density at radius 3 is 2.64 bits per heavy atom. The van der Waals surface area contributed by atoms with Gasteiger partial charge in [0.25, 0.3) is 5.76 Å². The molecule has 6 heteroatoms. The SMILES string of the molecule is NC(=S)Nc1ccccc1SC(F)F. The van der Waals surface area contributed by atoms with Crippen molar-refractivity contribution in [3.8, 4) is 0 Å². The Hall–Kier alpha value is -0.880. The summed E-state index contributed by atoms with van der Waals surface area (Å²) in [4.78, 5) is 0.426. The van der Waals surface area contributed by atoms with Crippen molar-refractivity contribution in [2.24, 2.45) is 5.73 Å². The van der Waals surface area contributed by atoms with E-state index in [0.29, 0.717) is 22.3 Å². The van der Waals surface area contributed by atoms with Crippen molar-refractivity contribution >= 4 is 34.8 Å². The van der Waals surface area contributed by atoms with Gasteiger partial charge >= 0.3 is 0 Å². The van der Waals surface area contributed by atoms with Gasteiger partial charge in [0.2, 0.25) is 0 Å². The van der Waals surface area contributed by atoms with E-state index in [0.717, 1.165) is 0 Å². The van der Waals surface area contributed by atoms with E-state index in [1.54, 1.807) is 24.3 Å². The molecular weight excluding hydrogens is 226 g/mol. The van der Waals surface area contributed by atoms with Gasteiger partial charge in [-0.1, -0.05) is 23.9 Å². The van der Waals surface area contributed by atoms with Crippen molar-refractivity contribution in [3.63, 3.8) is 0 Å². The Kier molecular flexibility index (Phi) is 4.09. The summed E-state index contributed by atoms with van der Waals surface area (Å²) in [6.45, 7) is 0. The lowest BCUT2D eigenvalue weighted by molar-refractivity contribution is 0.252. The molecule has 0 spiro atoms. The first-order chi connectivity index (χ1) is 6.59. The van der Waals surface area contributed by atoms with Crippen molar-refractivity contribution in [1.82, 2.24) is 0 Å². The van der Waals surface area contributed by atoms with Gasteiger partial charge in [0.1, 0.15) is 0 Å². The molecule has 14 heavy (non-hydrogen) atoms. The second kappa shape index (κ2) is 5.11. The molecule has 0 unspecified atom stereocenters. The average molecular weight is 234 g/mol. The van der Waals surface area contributed by atoms with Crippen molar-refractivity contribution in [3.05, 3.63) is 24.3 Å². The zero-order valence-electron chi connectivity index (χ0n) is 7.04. The van der Waals surface area contributed by atoms with E-state index < -0.39 is 5.76 Å². The third-order valence-electron chi connectivity index (χ3n) is 1.36. The van der Waals surface area contributed by atoms with Crippen LogP contribution in [0.15, 0.2) is 29.2 Å². The molecule has 0 aliphatic heterocycles. The summed E-state index contributed by atoms with van der Waals surface area (Å²) in [6, 6.07) is 6.62. The molecular formula is C8H8F2N2S2. The van der Waals surface area contributed by atoms with Crippen LogP contribution in [-0.4, -0.2) is 10.9 Å². The topological polar surface area (TPSA) is 38.0 Å². The number of nitrogens with two attached hydrogens (primary N) is 1. The maximum Gasteiger partial charge on any atom is 0.288 e. The van der Waals surface area contributed by atoms with Crippen molar-refractivity contribution in [1.29, 1.82) is 0 Å². The Bertz CT molecular complexity index is 331. The second-order valence-electron chi connectivity index (χ2n) is 2.36. The smallest absolute Gasteiger partial charge is 0.288 e. The number of hydrogen-bond acceptors (Lipinski definition) is 2. The fourth-order valence-electron chi connectivity index (χ4n) is 0.901. The minimum absolute atomic E-state index is 0.0623. The van der Waals surface area contributed by atoms with Crippen molar-refractivity contribution in [2.45, 2.75) is 10.7 Å². The molecule has 1 aromatic rings. The molecule has 0 saturated heterocycles. The van der Waals surface area contributed by atoms with Gasteiger partial charge in [0.15, 0.2) is 5.11 Å². The molecule has 0 heterocycles. The Labute approximate surface area is 89.9 Å². The molecule has 0 saturated carbocycles. The van der Waals surface area contributed by atoms with Gasteiger partial charge in [-0.3, -0.25) is 0 Å². The summed E-state index contributed by atoms with van der Waals surface area (Å²) in [5, 5.41) is 2.70. The Morgan fingerprint density at radius 2 is 2.07 bits per heavy atom. The highest BCUT2D eigenvalue weighted by atomic mass is 32.2. The fraction of sp³-hybridized carbons (Fsp3) is 0.125. The molecule has 3 N–H and O–H groups in total. The molecule has 0 radical (unpaired) electrons. The molecule has 0 atom stereocenters. The van der Waals surface area contributed by atoms with E-state index in [9.17, 15) is 8.78 Å². The average Bonchev–Trinajstić information content (AvgIpc) is 2.06. The molecule has 1 rings (SSSR count). The number of thiocarbonyl (C=S) groups is 1. The summed E-state index contributed by atoms with van der Waals surface area (Å²) >= 11 is 5.08. The van der Waals surface area contributed by atoms with Crippen LogP contribution in [0.25, 0.3) is 0 Å². The standard InChI is InChI=1S/C8H8F2N2S2/c9-7(10)14-6-4-2-1-3-5(6)12-8(11)13/h1-4,7H,(H3,11,12,13). The van der Waals surface area contributed by atoms with Gasteiger partial charge in [-0.25, -0.2) is 0 Å². The number of benzene rings is 1. The first-order valence-electron chi connectivity index (χ1n) is 3.70. The van der Waals surface area contributed by atoms with E-state index in [4.69, 9.17) is 5.73 Å². The van der Waals surface area contributed by atoms with Crippen LogP contribution >= 0.6 is 24.0 Å². The predicted octanol–water partition coefficient (Wildman–Crippen LogP) is 2.66. The van der Waals surface area contributed by atoms with Gasteiger partial charge in [0, 0.05) is 4.90 Å². The van der Waals surface area contributed by atoms with Crippen LogP contribution in [0.4, 0.5) is 14.5 Å². The number of alkyl halides is 2. The number of halogens is 2. The van der Waals surface area contributed by atoms with Crippen LogP contribution in [0.3, 0.4) is 0 Å². The fourth-order valence-corrected chi connectivity index (χ4v) is 1.61. The summed E-state index contributed by atoms with van der Waals surface area (Å²) in [6.07, 6.45) is 0. The van der Waals surface area contributed by atoms with Crippen molar-refractivity contribution < 1.29 is 8.78 Å². The van der Waals surface area contributed by atoms with Crippen LogP contribution < -0.4 is 11.1 Å². The zero-order chi connectivity index (χ0) is 10.6. The molecule has 76 valence electrons. The summed E-state index contributed by atoms with van der Waals surface area (Å²) in [5.74, 6) is -2.45. The third-order valence-corrected chi connectivity index (χ3v) is 2.25. The Balaban J connectivity index is 2.85. The van der Waals surface area contributed by atoms with E-state index in [1.165, 1.54) is 0 Å². The number of anilines is 1. The molecule has 0 fully saturated rings. The second-order valence-corrected chi connectivity index (χ2v) is 3.84. The van der Waals surface area contributed by atoms with Crippen LogP contribution in [0.2, 0.25) is 0 Å². The minimum atomic E-state index is -2.45. The lowest BCUT2D eigenvalue weighted by atomic mass is 10.3. The molecule has 2 nitrogen and oxygen atoms in total. The largest absolute Gasteiger partial charge is 0.376 e. The van der Waals surface area contributed by atoms with Gasteiger partial charge in [0.05, 0.1) is 5.69 Å². The van der Waals surface area contributed by atoms with Crippen LogP contribution in [0.1, 0.15) is 0 Å². The molecule has 1 aromatic carbocycles. The molecule has 0 bridgehead atoms. The van der Waals surface area contributed by atoms with Crippen LogP contribution in [0.5, 0.6) is 0 Å². The number of hydrogen-bond donors (Lipinski definition) is 2. The quantitative estimate of drug-likeness (QED) is 0.623. The lowest BCUT2D eigenvalue weighted by Crippen LogP contribution is -2.19. The summed E-state index contributed by atoms with van der Waals surface area (Å²) in [5.41, 5.74) is 5.75. The number of rotatable bonds is 3. The zero-order valence-corrected chi connectivity index (χ0v) is 8.67. The molecule has 0 aliphatic rings. The normalized spacial score (nSPS) is 10.2. The number of nitrogens with one attached hydrogen (secondary N) is 1. The van der Waals surface area contributed by atoms with Gasteiger partial charge < -0.3 is 11.1 Å². The maximum atomic E-state index is 12.1. The first-order valence-corrected chi connectivity index (χ1v) is 4.98. The van der Waals surface area contributed by atoms with E-state index in [2.05, 4.69) is 17.5 Å². The summed E-state index contributed by atoms with van der Waals surface area (Å²) < 4.78 is 24.2. The first kappa shape index (κ1) is 11.2. The monoisotopic (exact) mass is 234 g/mol. The summed E-state index contributed by atoms with van der Waals surface area (Å²) in [7, 11) is 0. The predicted molar refractivity (Wildman–Crippen MR) is 58.7 cm³/mol. The highest BCUT2D eigenvalue weighted by Crippen LogP contribution is 2.31. The highest BCUT2D eigenvalue weighted by molar-refractivity contribution is 7.99. The number of thioether (sulfide) groups is 1. The van der Waals surface area contributed by atoms with E-state index in [-0.39, 0.29) is 5.11 Å². The van der Waals surface area contributed by atoms with E-state index >= 15 is 0 Å². The highest BCUT2D eigenvalue weighted by Gasteiger charge is 2.09. The molecule has 0 amide bonds. The molecule has 0 aromatic heterocycles.